The normalized spacial score (nSPS) is 13.5. The van der Waals surface area contributed by atoms with Crippen LogP contribution in [0.1, 0.15) is 24.4 Å². The molecule has 0 saturated heterocycles. The first-order valence-electron chi connectivity index (χ1n) is 6.36. The summed E-state index contributed by atoms with van der Waals surface area (Å²) in [7, 11) is 3.90. The molecule has 1 heterocycles. The van der Waals surface area contributed by atoms with E-state index in [1.54, 1.807) is 18.4 Å². The van der Waals surface area contributed by atoms with Crippen LogP contribution in [0.2, 0.25) is 0 Å². The first-order chi connectivity index (χ1) is 8.54. The molecule has 1 atom stereocenters. The lowest BCUT2D eigenvalue weighted by molar-refractivity contribution is 0.101. The molecule has 0 amide bonds. The van der Waals surface area contributed by atoms with Crippen LogP contribution in [0.15, 0.2) is 5.51 Å². The Morgan fingerprint density at radius 2 is 2.22 bits per heavy atom. The van der Waals surface area contributed by atoms with Gasteiger partial charge in [0, 0.05) is 37.2 Å². The van der Waals surface area contributed by atoms with Crippen molar-refractivity contribution >= 4 is 11.3 Å². The Morgan fingerprint density at radius 3 is 2.72 bits per heavy atom. The molecule has 0 radical (unpaired) electrons. The van der Waals surface area contributed by atoms with Crippen molar-refractivity contribution in [3.63, 3.8) is 0 Å². The average Bonchev–Trinajstić information content (AvgIpc) is 2.70. The quantitative estimate of drug-likeness (QED) is 0.783. The first kappa shape index (κ1) is 15.6. The molecule has 18 heavy (non-hydrogen) atoms. The summed E-state index contributed by atoms with van der Waals surface area (Å²) in [5.41, 5.74) is 3.05. The fourth-order valence-corrected chi connectivity index (χ4v) is 2.58. The maximum Gasteiger partial charge on any atom is 0.0798 e. The van der Waals surface area contributed by atoms with Crippen LogP contribution in [-0.4, -0.2) is 49.3 Å². The van der Waals surface area contributed by atoms with Gasteiger partial charge in [-0.05, 0) is 14.0 Å². The second-order valence-electron chi connectivity index (χ2n) is 4.95. The van der Waals surface area contributed by atoms with Crippen molar-refractivity contribution in [1.82, 2.24) is 15.2 Å². The van der Waals surface area contributed by atoms with E-state index in [0.717, 1.165) is 25.4 Å². The molecule has 1 N–H and O–H groups in total. The van der Waals surface area contributed by atoms with Gasteiger partial charge in [-0.2, -0.15) is 0 Å². The summed E-state index contributed by atoms with van der Waals surface area (Å²) in [4.78, 5) is 7.96. The molecule has 0 spiro atoms. The van der Waals surface area contributed by atoms with Crippen LogP contribution in [0.3, 0.4) is 0 Å². The number of nitrogens with zero attached hydrogens (tertiary/aromatic N) is 2. The Kier molecular flexibility index (Phi) is 6.78. The Morgan fingerprint density at radius 1 is 1.50 bits per heavy atom. The van der Waals surface area contributed by atoms with Crippen molar-refractivity contribution < 1.29 is 4.74 Å². The minimum absolute atomic E-state index is 0.388. The summed E-state index contributed by atoms with van der Waals surface area (Å²) in [5, 5.41) is 3.47. The second-order valence-corrected chi connectivity index (χ2v) is 5.89. The minimum atomic E-state index is 0.388. The molecular weight excluding hydrogens is 246 g/mol. The van der Waals surface area contributed by atoms with Crippen molar-refractivity contribution in [1.29, 1.82) is 0 Å². The molecule has 0 aliphatic heterocycles. The summed E-state index contributed by atoms with van der Waals surface area (Å²) >= 11 is 1.72. The molecule has 0 aliphatic rings. The van der Waals surface area contributed by atoms with Gasteiger partial charge in [-0.1, -0.05) is 13.8 Å². The lowest BCUT2D eigenvalue weighted by Gasteiger charge is -2.28. The molecule has 5 heteroatoms. The number of ether oxygens (including phenoxy) is 1. The van der Waals surface area contributed by atoms with E-state index in [0.29, 0.717) is 12.1 Å². The number of hydrogen-bond acceptors (Lipinski definition) is 5. The van der Waals surface area contributed by atoms with E-state index in [9.17, 15) is 0 Å². The fourth-order valence-electron chi connectivity index (χ4n) is 1.74. The first-order valence-corrected chi connectivity index (χ1v) is 7.24. The van der Waals surface area contributed by atoms with E-state index >= 15 is 0 Å². The zero-order chi connectivity index (χ0) is 13.5. The molecule has 0 aliphatic carbocycles. The van der Waals surface area contributed by atoms with Crippen molar-refractivity contribution in [3.8, 4) is 0 Å². The third-order valence-electron chi connectivity index (χ3n) is 2.98. The number of hydrogen-bond donors (Lipinski definition) is 1. The van der Waals surface area contributed by atoms with Crippen molar-refractivity contribution in [2.24, 2.45) is 0 Å². The number of nitrogens with one attached hydrogen (secondary N) is 1. The molecule has 104 valence electrons. The lowest BCUT2D eigenvalue weighted by Crippen LogP contribution is -2.44. The number of thiazole rings is 1. The molecule has 1 unspecified atom stereocenters. The smallest absolute Gasteiger partial charge is 0.0798 e. The molecule has 1 aromatic heterocycles. The Labute approximate surface area is 114 Å². The number of rotatable bonds is 8. The van der Waals surface area contributed by atoms with Crippen LogP contribution in [0.25, 0.3) is 0 Å². The van der Waals surface area contributed by atoms with E-state index in [1.165, 1.54) is 4.88 Å². The summed E-state index contributed by atoms with van der Waals surface area (Å²) in [6.07, 6.45) is 0. The molecular formula is C13H25N3OS. The summed E-state index contributed by atoms with van der Waals surface area (Å²) < 4.78 is 5.31. The van der Waals surface area contributed by atoms with Gasteiger partial charge in [-0.15, -0.1) is 11.3 Å². The van der Waals surface area contributed by atoms with Gasteiger partial charge in [0.2, 0.25) is 0 Å². The van der Waals surface area contributed by atoms with Crippen molar-refractivity contribution in [2.45, 2.75) is 39.4 Å². The Bertz CT molecular complexity index is 341. The van der Waals surface area contributed by atoms with Gasteiger partial charge in [0.1, 0.15) is 0 Å². The second kappa shape index (κ2) is 7.84. The van der Waals surface area contributed by atoms with E-state index in [-0.39, 0.29) is 0 Å². The predicted octanol–water partition coefficient (Wildman–Crippen LogP) is 1.90. The van der Waals surface area contributed by atoms with Crippen molar-refractivity contribution in [3.05, 3.63) is 16.1 Å². The molecule has 0 saturated carbocycles. The molecule has 4 nitrogen and oxygen atoms in total. The van der Waals surface area contributed by atoms with E-state index in [2.05, 4.69) is 43.0 Å². The molecule has 1 rings (SSSR count). The van der Waals surface area contributed by atoms with Gasteiger partial charge in [0.25, 0.3) is 0 Å². The van der Waals surface area contributed by atoms with E-state index < -0.39 is 0 Å². The van der Waals surface area contributed by atoms with Crippen LogP contribution in [-0.2, 0) is 11.3 Å². The largest absolute Gasteiger partial charge is 0.383 e. The van der Waals surface area contributed by atoms with Gasteiger partial charge in [0.05, 0.1) is 17.8 Å². The minimum Gasteiger partial charge on any atom is -0.383 e. The van der Waals surface area contributed by atoms with Gasteiger partial charge >= 0.3 is 0 Å². The van der Waals surface area contributed by atoms with Crippen LogP contribution >= 0.6 is 11.3 Å². The Hall–Kier alpha value is -0.490. The summed E-state index contributed by atoms with van der Waals surface area (Å²) in [5.74, 6) is 0. The lowest BCUT2D eigenvalue weighted by atomic mass is 10.2. The highest BCUT2D eigenvalue weighted by molar-refractivity contribution is 7.09. The number of methoxy groups -OCH3 is 1. The fraction of sp³-hybridized carbons (Fsp3) is 0.769. The zero-order valence-electron chi connectivity index (χ0n) is 12.1. The highest BCUT2D eigenvalue weighted by Crippen LogP contribution is 2.15. The molecule has 1 aromatic rings. The number of aryl methyl sites for hydroxylation is 1. The van der Waals surface area contributed by atoms with Gasteiger partial charge in [-0.25, -0.2) is 4.98 Å². The average molecular weight is 271 g/mol. The van der Waals surface area contributed by atoms with Crippen LogP contribution in [0.5, 0.6) is 0 Å². The molecule has 0 bridgehead atoms. The summed E-state index contributed by atoms with van der Waals surface area (Å²) in [6.45, 7) is 9.02. The maximum absolute atomic E-state index is 5.31. The third kappa shape index (κ3) is 5.02. The van der Waals surface area contributed by atoms with E-state index in [4.69, 9.17) is 4.74 Å². The monoisotopic (exact) mass is 271 g/mol. The van der Waals surface area contributed by atoms with Crippen molar-refractivity contribution in [2.75, 3.05) is 27.3 Å². The van der Waals surface area contributed by atoms with Crippen LogP contribution in [0, 0.1) is 6.92 Å². The van der Waals surface area contributed by atoms with Gasteiger partial charge in [0.15, 0.2) is 0 Å². The number of likely N-dealkylation sites (N-methyl/N-ethyl adjacent to an activating group) is 1. The summed E-state index contributed by atoms with van der Waals surface area (Å²) in [6, 6.07) is 0.891. The number of aromatic nitrogens is 1. The molecule has 0 fully saturated rings. The zero-order valence-corrected chi connectivity index (χ0v) is 12.9. The maximum atomic E-state index is 5.31. The van der Waals surface area contributed by atoms with Crippen LogP contribution < -0.4 is 5.32 Å². The Balaban J connectivity index is 2.53. The molecule has 0 aromatic carbocycles. The highest BCUT2D eigenvalue weighted by Gasteiger charge is 2.16. The van der Waals surface area contributed by atoms with Crippen LogP contribution in [0.4, 0.5) is 0 Å². The van der Waals surface area contributed by atoms with Gasteiger partial charge in [-0.3, -0.25) is 4.90 Å². The predicted molar refractivity (Wildman–Crippen MR) is 77.1 cm³/mol. The topological polar surface area (TPSA) is 37.4 Å². The highest BCUT2D eigenvalue weighted by atomic mass is 32.1. The SMILES string of the molecule is COCC(CNC(C)C)N(C)Cc1scnc1C. The third-order valence-corrected chi connectivity index (χ3v) is 3.90. The van der Waals surface area contributed by atoms with Gasteiger partial charge < -0.3 is 10.1 Å². The van der Waals surface area contributed by atoms with E-state index in [1.807, 2.05) is 5.51 Å². The standard InChI is InChI=1S/C13H25N3OS/c1-10(2)14-6-12(8-17-5)16(4)7-13-11(3)15-9-18-13/h9-10,12,14H,6-8H2,1-5H3.